The van der Waals surface area contributed by atoms with Crippen LogP contribution >= 0.6 is 11.6 Å². The quantitative estimate of drug-likeness (QED) is 0.500. The Morgan fingerprint density at radius 2 is 1.52 bits per heavy atom. The lowest BCUT2D eigenvalue weighted by Crippen LogP contribution is -2.06. The van der Waals surface area contributed by atoms with E-state index in [1.54, 1.807) is 12.1 Å². The van der Waals surface area contributed by atoms with Crippen LogP contribution in [-0.2, 0) is 6.42 Å². The second kappa shape index (κ2) is 5.11. The van der Waals surface area contributed by atoms with E-state index in [4.69, 9.17) is 16.6 Å². The van der Waals surface area contributed by atoms with Crippen molar-refractivity contribution in [2.45, 2.75) is 12.8 Å². The Labute approximate surface area is 149 Å². The van der Waals surface area contributed by atoms with Gasteiger partial charge in [0.1, 0.15) is 0 Å². The Hall–Kier alpha value is -2.78. The summed E-state index contributed by atoms with van der Waals surface area (Å²) in [5, 5.41) is 0.618. The molecule has 4 heteroatoms. The molecule has 0 spiro atoms. The number of benzene rings is 2. The molecule has 0 saturated heterocycles. The van der Waals surface area contributed by atoms with Gasteiger partial charge in [-0.2, -0.15) is 0 Å². The zero-order valence-corrected chi connectivity index (χ0v) is 13.9. The molecule has 0 bridgehead atoms. The second-order valence-corrected chi connectivity index (χ2v) is 6.77. The zero-order chi connectivity index (χ0) is 17.1. The molecule has 0 N–H and O–H groups in total. The van der Waals surface area contributed by atoms with Gasteiger partial charge in [-0.15, -0.1) is 0 Å². The van der Waals surface area contributed by atoms with Crippen molar-refractivity contribution in [1.29, 1.82) is 0 Å². The number of fused-ring (bicyclic) bond motifs is 4. The third-order valence-corrected chi connectivity index (χ3v) is 5.18. The highest BCUT2D eigenvalue weighted by Gasteiger charge is 2.37. The second-order valence-electron chi connectivity index (χ2n) is 6.34. The van der Waals surface area contributed by atoms with Crippen LogP contribution in [0.15, 0.2) is 48.5 Å². The lowest BCUT2D eigenvalue weighted by Gasteiger charge is -2.13. The summed E-state index contributed by atoms with van der Waals surface area (Å²) in [5.74, 6) is -0.00967. The zero-order valence-electron chi connectivity index (χ0n) is 13.2. The van der Waals surface area contributed by atoms with Crippen molar-refractivity contribution in [3.8, 4) is 22.4 Å². The fourth-order valence-corrected chi connectivity index (χ4v) is 3.94. The molecule has 0 fully saturated rings. The summed E-state index contributed by atoms with van der Waals surface area (Å²) in [6.45, 7) is 0. The first-order chi connectivity index (χ1) is 12.1. The average Bonchev–Trinajstić information content (AvgIpc) is 3.14. The van der Waals surface area contributed by atoms with Crippen LogP contribution < -0.4 is 0 Å². The minimum atomic E-state index is -0.0643. The van der Waals surface area contributed by atoms with Crippen LogP contribution in [0.1, 0.15) is 38.4 Å². The number of hydrogen-bond acceptors (Lipinski definition) is 3. The van der Waals surface area contributed by atoms with Crippen molar-refractivity contribution in [2.24, 2.45) is 0 Å². The lowest BCUT2D eigenvalue weighted by atomic mass is 9.92. The van der Waals surface area contributed by atoms with Crippen molar-refractivity contribution in [3.05, 3.63) is 75.9 Å². The molecule has 3 aromatic rings. The van der Waals surface area contributed by atoms with Gasteiger partial charge in [-0.05, 0) is 24.1 Å². The number of aryl methyl sites for hydroxylation is 1. The van der Waals surface area contributed by atoms with Gasteiger partial charge in [-0.25, -0.2) is 0 Å². The number of rotatable bonds is 1. The number of ketones is 2. The Kier molecular flexibility index (Phi) is 2.97. The molecule has 0 amide bonds. The fraction of sp³-hybridized carbons (Fsp3) is 0.0952. The van der Waals surface area contributed by atoms with E-state index in [0.29, 0.717) is 45.8 Å². The fourth-order valence-electron chi connectivity index (χ4n) is 3.82. The van der Waals surface area contributed by atoms with Crippen molar-refractivity contribution >= 4 is 23.2 Å². The topological polar surface area (TPSA) is 47.0 Å². The van der Waals surface area contributed by atoms with Gasteiger partial charge < -0.3 is 0 Å². The molecule has 0 saturated carbocycles. The minimum absolute atomic E-state index is 0.0546. The van der Waals surface area contributed by atoms with Gasteiger partial charge >= 0.3 is 0 Å². The molecule has 5 rings (SSSR count). The van der Waals surface area contributed by atoms with E-state index in [1.165, 1.54) is 0 Å². The van der Waals surface area contributed by atoms with E-state index in [0.717, 1.165) is 16.8 Å². The SMILES string of the molecule is O=C1CCc2nc3c(c(-c4ccc(Cl)cc4)c21)C(=O)c1ccccc1-3. The van der Waals surface area contributed by atoms with Gasteiger partial charge in [0.2, 0.25) is 0 Å². The van der Waals surface area contributed by atoms with Crippen molar-refractivity contribution < 1.29 is 9.59 Å². The summed E-state index contributed by atoms with van der Waals surface area (Å²) >= 11 is 6.02. The number of carbonyl (C=O) groups excluding carboxylic acids is 2. The number of pyridine rings is 1. The third kappa shape index (κ3) is 1.96. The van der Waals surface area contributed by atoms with Crippen molar-refractivity contribution in [2.75, 3.05) is 0 Å². The molecule has 2 aliphatic rings. The molecule has 1 heterocycles. The normalized spacial score (nSPS) is 14.4. The predicted molar refractivity (Wildman–Crippen MR) is 96.2 cm³/mol. The van der Waals surface area contributed by atoms with Crippen molar-refractivity contribution in [1.82, 2.24) is 4.98 Å². The smallest absolute Gasteiger partial charge is 0.196 e. The molecular weight excluding hydrogens is 334 g/mol. The molecule has 0 unspecified atom stereocenters. The highest BCUT2D eigenvalue weighted by molar-refractivity contribution is 6.31. The van der Waals surface area contributed by atoms with Crippen molar-refractivity contribution in [3.63, 3.8) is 0 Å². The molecule has 0 aliphatic heterocycles. The number of carbonyl (C=O) groups is 2. The van der Waals surface area contributed by atoms with Crippen LogP contribution in [0.2, 0.25) is 5.02 Å². The molecule has 2 aliphatic carbocycles. The molecule has 3 nitrogen and oxygen atoms in total. The first-order valence-electron chi connectivity index (χ1n) is 8.15. The summed E-state index contributed by atoms with van der Waals surface area (Å²) < 4.78 is 0. The largest absolute Gasteiger partial charge is 0.294 e. The number of Topliss-reactive ketones (excluding diaryl/α,β-unsaturated/α-hetero) is 1. The first-order valence-corrected chi connectivity index (χ1v) is 8.53. The van der Waals surface area contributed by atoms with E-state index in [2.05, 4.69) is 0 Å². The summed E-state index contributed by atoms with van der Waals surface area (Å²) in [5.41, 5.74) is 5.66. The predicted octanol–water partition coefficient (Wildman–Crippen LogP) is 4.74. The summed E-state index contributed by atoms with van der Waals surface area (Å²) in [6, 6.07) is 14.8. The highest BCUT2D eigenvalue weighted by Crippen LogP contribution is 2.44. The summed E-state index contributed by atoms with van der Waals surface area (Å²) in [6.07, 6.45) is 1.07. The van der Waals surface area contributed by atoms with Crippen LogP contribution in [0.4, 0.5) is 0 Å². The summed E-state index contributed by atoms with van der Waals surface area (Å²) in [7, 11) is 0. The Balaban J connectivity index is 1.90. The van der Waals surface area contributed by atoms with Gasteiger partial charge in [0, 0.05) is 33.7 Å². The minimum Gasteiger partial charge on any atom is -0.294 e. The molecule has 0 atom stereocenters. The molecule has 1 aromatic heterocycles. The van der Waals surface area contributed by atoms with E-state index < -0.39 is 0 Å². The maximum Gasteiger partial charge on any atom is 0.196 e. The maximum atomic E-state index is 13.1. The standard InChI is InChI=1S/C21H12ClNO2/c22-12-7-5-11(6-8-12)17-18-15(9-10-16(18)24)23-20-13-3-1-2-4-14(13)21(25)19(17)20/h1-8H,9-10H2. The van der Waals surface area contributed by atoms with E-state index in [1.807, 2.05) is 36.4 Å². The Bertz CT molecular complexity index is 1080. The molecular formula is C21H12ClNO2. The van der Waals surface area contributed by atoms with Gasteiger partial charge in [-0.3, -0.25) is 14.6 Å². The van der Waals surface area contributed by atoms with Gasteiger partial charge in [0.05, 0.1) is 17.0 Å². The van der Waals surface area contributed by atoms with Crippen LogP contribution in [0.5, 0.6) is 0 Å². The molecule has 120 valence electrons. The van der Waals surface area contributed by atoms with Gasteiger partial charge in [-0.1, -0.05) is 48.0 Å². The van der Waals surface area contributed by atoms with E-state index >= 15 is 0 Å². The Morgan fingerprint density at radius 3 is 2.28 bits per heavy atom. The van der Waals surface area contributed by atoms with Crippen LogP contribution in [-0.4, -0.2) is 16.6 Å². The van der Waals surface area contributed by atoms with Gasteiger partial charge in [0.15, 0.2) is 11.6 Å². The number of halogens is 1. The van der Waals surface area contributed by atoms with Crippen LogP contribution in [0, 0.1) is 0 Å². The van der Waals surface area contributed by atoms with E-state index in [-0.39, 0.29) is 11.6 Å². The number of aromatic nitrogens is 1. The van der Waals surface area contributed by atoms with Crippen LogP contribution in [0.3, 0.4) is 0 Å². The molecule has 2 aromatic carbocycles. The number of hydrogen-bond donors (Lipinski definition) is 0. The Morgan fingerprint density at radius 1 is 0.800 bits per heavy atom. The van der Waals surface area contributed by atoms with Gasteiger partial charge in [0.25, 0.3) is 0 Å². The first kappa shape index (κ1) is 14.6. The van der Waals surface area contributed by atoms with Crippen LogP contribution in [0.25, 0.3) is 22.4 Å². The van der Waals surface area contributed by atoms with E-state index in [9.17, 15) is 9.59 Å². The lowest BCUT2D eigenvalue weighted by molar-refractivity contribution is 0.0995. The highest BCUT2D eigenvalue weighted by atomic mass is 35.5. The molecule has 25 heavy (non-hydrogen) atoms. The summed E-state index contributed by atoms with van der Waals surface area (Å²) in [4.78, 5) is 30.3. The number of nitrogens with zero attached hydrogens (tertiary/aromatic N) is 1. The third-order valence-electron chi connectivity index (χ3n) is 4.93. The maximum absolute atomic E-state index is 13.1. The average molecular weight is 346 g/mol. The monoisotopic (exact) mass is 345 g/mol. The molecule has 0 radical (unpaired) electrons.